The van der Waals surface area contributed by atoms with Gasteiger partial charge in [0, 0.05) is 30.8 Å². The van der Waals surface area contributed by atoms with Crippen LogP contribution in [0.4, 0.5) is 17.6 Å². The van der Waals surface area contributed by atoms with Crippen LogP contribution in [0.3, 0.4) is 0 Å². The molecule has 1 heterocycles. The van der Waals surface area contributed by atoms with E-state index >= 15 is 0 Å². The standard InChI is InChI=1S/C20H18F4N4O.HI/c1-11-3-5-12(6-4-11)19-28-13(10-29-19)8-26-20(25-2)27-9-14-17(23)15(21)7-16(22)18(14)24;/h3-7,10H,8-9H2,1-2H3,(H2,25,26,27);1H. The van der Waals surface area contributed by atoms with Crippen molar-refractivity contribution in [3.05, 3.63) is 76.7 Å². The molecule has 0 aliphatic heterocycles. The molecular formula is C20H19F4IN4O. The molecule has 1 aromatic heterocycles. The monoisotopic (exact) mass is 534 g/mol. The number of aryl methyl sites for hydroxylation is 1. The summed E-state index contributed by atoms with van der Waals surface area (Å²) in [6.45, 7) is 1.68. The van der Waals surface area contributed by atoms with Gasteiger partial charge in [0.25, 0.3) is 0 Å². The van der Waals surface area contributed by atoms with Gasteiger partial charge in [0.15, 0.2) is 29.2 Å². The first-order valence-electron chi connectivity index (χ1n) is 8.67. The topological polar surface area (TPSA) is 62.5 Å². The molecule has 0 saturated carbocycles. The quantitative estimate of drug-likeness (QED) is 0.164. The van der Waals surface area contributed by atoms with Crippen molar-refractivity contribution in [1.82, 2.24) is 15.6 Å². The summed E-state index contributed by atoms with van der Waals surface area (Å²) >= 11 is 0. The van der Waals surface area contributed by atoms with Crippen LogP contribution in [-0.4, -0.2) is 18.0 Å². The second-order valence-electron chi connectivity index (χ2n) is 6.24. The van der Waals surface area contributed by atoms with Gasteiger partial charge in [-0.1, -0.05) is 17.7 Å². The minimum absolute atomic E-state index is 0. The van der Waals surface area contributed by atoms with Gasteiger partial charge in [-0.15, -0.1) is 24.0 Å². The number of guanidine groups is 1. The third kappa shape index (κ3) is 5.49. The second-order valence-corrected chi connectivity index (χ2v) is 6.24. The van der Waals surface area contributed by atoms with E-state index < -0.39 is 35.4 Å². The molecule has 0 radical (unpaired) electrons. The number of nitrogens with one attached hydrogen (secondary N) is 2. The molecule has 2 aromatic carbocycles. The van der Waals surface area contributed by atoms with Crippen LogP contribution in [0.25, 0.3) is 11.5 Å². The minimum atomic E-state index is -1.46. The van der Waals surface area contributed by atoms with Crippen LogP contribution >= 0.6 is 24.0 Å². The zero-order chi connectivity index (χ0) is 21.0. The van der Waals surface area contributed by atoms with Gasteiger partial charge in [0.1, 0.15) is 6.26 Å². The van der Waals surface area contributed by atoms with Gasteiger partial charge < -0.3 is 15.1 Å². The van der Waals surface area contributed by atoms with Crippen LogP contribution in [-0.2, 0) is 13.1 Å². The molecule has 0 bridgehead atoms. The fourth-order valence-electron chi connectivity index (χ4n) is 2.56. The number of benzene rings is 2. The molecular weight excluding hydrogens is 515 g/mol. The van der Waals surface area contributed by atoms with E-state index in [-0.39, 0.29) is 42.5 Å². The lowest BCUT2D eigenvalue weighted by molar-refractivity contribution is 0.437. The highest BCUT2D eigenvalue weighted by Crippen LogP contribution is 2.20. The average Bonchev–Trinajstić information content (AvgIpc) is 3.18. The Morgan fingerprint density at radius 2 is 1.60 bits per heavy atom. The summed E-state index contributed by atoms with van der Waals surface area (Å²) in [5.41, 5.74) is 1.75. The van der Waals surface area contributed by atoms with Crippen LogP contribution in [0.5, 0.6) is 0 Å². The molecule has 3 rings (SSSR count). The van der Waals surface area contributed by atoms with Gasteiger partial charge in [-0.3, -0.25) is 4.99 Å². The first-order valence-corrected chi connectivity index (χ1v) is 8.67. The molecule has 10 heteroatoms. The van der Waals surface area contributed by atoms with Crippen molar-refractivity contribution in [2.24, 2.45) is 4.99 Å². The molecule has 160 valence electrons. The first kappa shape index (κ1) is 23.6. The minimum Gasteiger partial charge on any atom is -0.444 e. The van der Waals surface area contributed by atoms with E-state index in [1.807, 2.05) is 31.2 Å². The molecule has 0 fully saturated rings. The van der Waals surface area contributed by atoms with Crippen LogP contribution < -0.4 is 10.6 Å². The maximum absolute atomic E-state index is 13.7. The molecule has 0 unspecified atom stereocenters. The van der Waals surface area contributed by atoms with Crippen LogP contribution in [0.2, 0.25) is 0 Å². The second kappa shape index (κ2) is 10.4. The number of halogens is 5. The first-order chi connectivity index (χ1) is 13.9. The Balaban J connectivity index is 0.00000320. The predicted octanol–water partition coefficient (Wildman–Crippen LogP) is 4.69. The summed E-state index contributed by atoms with van der Waals surface area (Å²) in [5, 5.41) is 5.49. The summed E-state index contributed by atoms with van der Waals surface area (Å²) in [4.78, 5) is 8.26. The summed E-state index contributed by atoms with van der Waals surface area (Å²) < 4.78 is 59.5. The van der Waals surface area contributed by atoms with Crippen molar-refractivity contribution in [3.63, 3.8) is 0 Å². The third-order valence-electron chi connectivity index (χ3n) is 4.15. The van der Waals surface area contributed by atoms with Gasteiger partial charge in [0.05, 0.1) is 12.2 Å². The number of rotatable bonds is 5. The van der Waals surface area contributed by atoms with Crippen molar-refractivity contribution < 1.29 is 22.0 Å². The fourth-order valence-corrected chi connectivity index (χ4v) is 2.56. The summed E-state index contributed by atoms with van der Waals surface area (Å²) in [6.07, 6.45) is 1.47. The highest BCUT2D eigenvalue weighted by Gasteiger charge is 2.19. The molecule has 0 spiro atoms. The van der Waals surface area contributed by atoms with Gasteiger partial charge in [-0.25, -0.2) is 22.5 Å². The van der Waals surface area contributed by atoms with Crippen molar-refractivity contribution in [2.45, 2.75) is 20.0 Å². The van der Waals surface area contributed by atoms with Gasteiger partial charge in [-0.2, -0.15) is 0 Å². The Hall–Kier alpha value is -2.63. The zero-order valence-electron chi connectivity index (χ0n) is 16.1. The van der Waals surface area contributed by atoms with Crippen LogP contribution in [0.15, 0.2) is 46.0 Å². The van der Waals surface area contributed by atoms with Crippen molar-refractivity contribution in [2.75, 3.05) is 7.05 Å². The van der Waals surface area contributed by atoms with E-state index in [0.29, 0.717) is 11.6 Å². The molecule has 0 saturated heterocycles. The third-order valence-corrected chi connectivity index (χ3v) is 4.15. The van der Waals surface area contributed by atoms with Crippen molar-refractivity contribution in [3.8, 4) is 11.5 Å². The predicted molar refractivity (Wildman–Crippen MR) is 115 cm³/mol. The Labute approximate surface area is 187 Å². The summed E-state index contributed by atoms with van der Waals surface area (Å²) in [6, 6.07) is 7.82. The van der Waals surface area contributed by atoms with Crippen LogP contribution in [0, 0.1) is 30.2 Å². The van der Waals surface area contributed by atoms with Crippen LogP contribution in [0.1, 0.15) is 16.8 Å². The molecule has 0 amide bonds. The highest BCUT2D eigenvalue weighted by atomic mass is 127. The average molecular weight is 534 g/mol. The lowest BCUT2D eigenvalue weighted by Crippen LogP contribution is -2.37. The maximum Gasteiger partial charge on any atom is 0.226 e. The Morgan fingerprint density at radius 3 is 2.20 bits per heavy atom. The molecule has 0 aliphatic carbocycles. The van der Waals surface area contributed by atoms with Crippen molar-refractivity contribution >= 4 is 29.9 Å². The summed E-state index contributed by atoms with van der Waals surface area (Å²) in [5.74, 6) is -5.22. The molecule has 3 aromatic rings. The zero-order valence-corrected chi connectivity index (χ0v) is 18.4. The Kier molecular flexibility index (Phi) is 8.21. The Morgan fingerprint density at radius 1 is 1.00 bits per heavy atom. The SMILES string of the molecule is CN=C(NCc1coc(-c2ccc(C)cc2)n1)NCc1c(F)c(F)cc(F)c1F.I. The van der Waals surface area contributed by atoms with E-state index in [0.717, 1.165) is 11.1 Å². The van der Waals surface area contributed by atoms with Gasteiger partial charge in [-0.05, 0) is 19.1 Å². The van der Waals surface area contributed by atoms with Gasteiger partial charge in [0.2, 0.25) is 5.89 Å². The lowest BCUT2D eigenvalue weighted by Gasteiger charge is -2.12. The number of hydrogen-bond donors (Lipinski definition) is 2. The van der Waals surface area contributed by atoms with E-state index in [1.54, 1.807) is 0 Å². The van der Waals surface area contributed by atoms with E-state index in [9.17, 15) is 17.6 Å². The van der Waals surface area contributed by atoms with E-state index in [4.69, 9.17) is 4.42 Å². The highest BCUT2D eigenvalue weighted by molar-refractivity contribution is 14.0. The summed E-state index contributed by atoms with van der Waals surface area (Å²) in [7, 11) is 1.44. The Bertz CT molecular complexity index is 1010. The van der Waals surface area contributed by atoms with Crippen molar-refractivity contribution in [1.29, 1.82) is 0 Å². The molecule has 2 N–H and O–H groups in total. The lowest BCUT2D eigenvalue weighted by atomic mass is 10.1. The molecule has 0 atom stereocenters. The largest absolute Gasteiger partial charge is 0.444 e. The number of aliphatic imine (C=N–C) groups is 1. The number of nitrogens with zero attached hydrogens (tertiary/aromatic N) is 2. The van der Waals surface area contributed by atoms with E-state index in [1.165, 1.54) is 13.3 Å². The maximum atomic E-state index is 13.7. The van der Waals surface area contributed by atoms with E-state index in [2.05, 4.69) is 20.6 Å². The normalized spacial score (nSPS) is 11.2. The number of aromatic nitrogens is 1. The molecule has 30 heavy (non-hydrogen) atoms. The number of oxazole rings is 1. The smallest absolute Gasteiger partial charge is 0.226 e. The molecule has 5 nitrogen and oxygen atoms in total. The fraction of sp³-hybridized carbons (Fsp3) is 0.200. The molecule has 0 aliphatic rings. The van der Waals surface area contributed by atoms with Gasteiger partial charge >= 0.3 is 0 Å². The number of hydrogen-bond acceptors (Lipinski definition) is 3.